The third-order valence-corrected chi connectivity index (χ3v) is 5.19. The molecule has 2 aliphatic heterocycles. The molecule has 1 aromatic rings. The van der Waals surface area contributed by atoms with Gasteiger partial charge in [0, 0.05) is 25.2 Å². The van der Waals surface area contributed by atoms with Crippen LogP contribution in [0.4, 0.5) is 4.79 Å². The van der Waals surface area contributed by atoms with Crippen LogP contribution in [0.15, 0.2) is 29.3 Å². The summed E-state index contributed by atoms with van der Waals surface area (Å²) in [7, 11) is 1.66. The van der Waals surface area contributed by atoms with E-state index in [2.05, 4.69) is 20.9 Å². The standard InChI is InChI=1S/C15H16BrClN4O2/c1-3-20-13(22)11-12(19(2)15(20)23)18-14(16)21(11)8-9-6-4-5-7-10(9)17/h4-7,11-12H,3,8H2,1-2H3. The van der Waals surface area contributed by atoms with Gasteiger partial charge in [-0.15, -0.1) is 0 Å². The zero-order valence-corrected chi connectivity index (χ0v) is 15.1. The number of halogens is 2. The Hall–Kier alpha value is -1.60. The molecule has 0 aromatic heterocycles. The largest absolute Gasteiger partial charge is 0.331 e. The molecule has 3 amide bonds. The normalized spacial score (nSPS) is 24.2. The number of benzene rings is 1. The van der Waals surface area contributed by atoms with Gasteiger partial charge in [0.2, 0.25) is 0 Å². The fourth-order valence-corrected chi connectivity index (χ4v) is 3.66. The SMILES string of the molecule is CCN1C(=O)C2C(N=C(Br)N2Cc2ccccc2Cl)N(C)C1=O. The highest BCUT2D eigenvalue weighted by Gasteiger charge is 2.51. The molecule has 6 nitrogen and oxygen atoms in total. The fraction of sp³-hybridized carbons (Fsp3) is 0.400. The summed E-state index contributed by atoms with van der Waals surface area (Å²) in [6.07, 6.45) is -0.519. The molecule has 8 heteroatoms. The molecular formula is C15H16BrClN4O2. The molecule has 2 aliphatic rings. The van der Waals surface area contributed by atoms with Crippen LogP contribution in [0.3, 0.4) is 0 Å². The number of likely N-dealkylation sites (N-methyl/N-ethyl adjacent to an activating group) is 2. The maximum absolute atomic E-state index is 12.7. The maximum Gasteiger partial charge on any atom is 0.328 e. The first-order valence-corrected chi connectivity index (χ1v) is 8.44. The minimum atomic E-state index is -0.539. The highest BCUT2D eigenvalue weighted by Crippen LogP contribution is 2.31. The molecule has 0 aliphatic carbocycles. The molecule has 0 spiro atoms. The van der Waals surface area contributed by atoms with Gasteiger partial charge in [0.25, 0.3) is 5.91 Å². The third kappa shape index (κ3) is 2.61. The number of rotatable bonds is 3. The summed E-state index contributed by atoms with van der Waals surface area (Å²) in [5.41, 5.74) is 0.900. The first-order valence-electron chi connectivity index (χ1n) is 7.27. The summed E-state index contributed by atoms with van der Waals surface area (Å²) in [5.74, 6) is -0.231. The Bertz CT molecular complexity index is 696. The van der Waals surface area contributed by atoms with Crippen molar-refractivity contribution in [2.24, 2.45) is 4.99 Å². The molecule has 23 heavy (non-hydrogen) atoms. The quantitative estimate of drug-likeness (QED) is 0.734. The number of hydrogen-bond acceptors (Lipinski definition) is 4. The number of hydrogen-bond donors (Lipinski definition) is 0. The Balaban J connectivity index is 1.93. The van der Waals surface area contributed by atoms with Gasteiger partial charge in [-0.05, 0) is 34.5 Å². The molecule has 2 unspecified atom stereocenters. The van der Waals surface area contributed by atoms with E-state index < -0.39 is 12.2 Å². The number of fused-ring (bicyclic) bond motifs is 1. The van der Waals surface area contributed by atoms with Crippen LogP contribution in [0.1, 0.15) is 12.5 Å². The summed E-state index contributed by atoms with van der Waals surface area (Å²) in [5, 5.41) is 0.635. The van der Waals surface area contributed by atoms with E-state index in [4.69, 9.17) is 11.6 Å². The number of amidine groups is 1. The number of carbonyl (C=O) groups is 2. The average molecular weight is 400 g/mol. The first kappa shape index (κ1) is 16.3. The zero-order valence-electron chi connectivity index (χ0n) is 12.7. The van der Waals surface area contributed by atoms with E-state index in [1.807, 2.05) is 29.2 Å². The van der Waals surface area contributed by atoms with Gasteiger partial charge < -0.3 is 9.80 Å². The topological polar surface area (TPSA) is 56.2 Å². The van der Waals surface area contributed by atoms with Crippen molar-refractivity contribution in [3.8, 4) is 0 Å². The summed E-state index contributed by atoms with van der Waals surface area (Å²) in [4.78, 5) is 34.0. The molecule has 1 saturated heterocycles. The third-order valence-electron chi connectivity index (χ3n) is 4.16. The smallest absolute Gasteiger partial charge is 0.328 e. The minimum Gasteiger partial charge on any atom is -0.331 e. The van der Waals surface area contributed by atoms with Crippen molar-refractivity contribution in [1.82, 2.24) is 14.7 Å². The molecule has 1 aromatic carbocycles. The predicted octanol–water partition coefficient (Wildman–Crippen LogP) is 2.52. The second kappa shape index (κ2) is 6.13. The molecule has 3 rings (SSSR count). The van der Waals surface area contributed by atoms with Gasteiger partial charge in [0.15, 0.2) is 17.0 Å². The van der Waals surface area contributed by atoms with Crippen molar-refractivity contribution in [1.29, 1.82) is 0 Å². The van der Waals surface area contributed by atoms with Crippen LogP contribution in [-0.2, 0) is 11.3 Å². The van der Waals surface area contributed by atoms with E-state index in [1.165, 1.54) is 9.80 Å². The van der Waals surface area contributed by atoms with Gasteiger partial charge in [-0.25, -0.2) is 9.79 Å². The highest BCUT2D eigenvalue weighted by atomic mass is 79.9. The van der Waals surface area contributed by atoms with E-state index in [0.29, 0.717) is 22.9 Å². The lowest BCUT2D eigenvalue weighted by molar-refractivity contribution is -0.137. The van der Waals surface area contributed by atoms with E-state index in [-0.39, 0.29) is 11.9 Å². The van der Waals surface area contributed by atoms with Crippen LogP contribution < -0.4 is 0 Å². The van der Waals surface area contributed by atoms with Crippen LogP contribution >= 0.6 is 27.5 Å². The molecular weight excluding hydrogens is 384 g/mol. The molecule has 122 valence electrons. The number of aliphatic imine (C=N–C) groups is 1. The summed E-state index contributed by atoms with van der Waals surface area (Å²) < 4.78 is 0.554. The number of carbonyl (C=O) groups excluding carboxylic acids is 2. The Kier molecular flexibility index (Phi) is 4.33. The van der Waals surface area contributed by atoms with Gasteiger partial charge in [-0.2, -0.15) is 0 Å². The monoisotopic (exact) mass is 398 g/mol. The van der Waals surface area contributed by atoms with Gasteiger partial charge in [-0.1, -0.05) is 29.8 Å². The fourth-order valence-electron chi connectivity index (χ4n) is 2.91. The molecule has 2 atom stereocenters. The summed E-state index contributed by atoms with van der Waals surface area (Å²) >= 11 is 9.65. The number of urea groups is 1. The summed E-state index contributed by atoms with van der Waals surface area (Å²) in [6.45, 7) is 2.56. The van der Waals surface area contributed by atoms with Crippen molar-refractivity contribution in [3.63, 3.8) is 0 Å². The van der Waals surface area contributed by atoms with Crippen LogP contribution in [0.5, 0.6) is 0 Å². The van der Waals surface area contributed by atoms with Crippen molar-refractivity contribution in [3.05, 3.63) is 34.9 Å². The molecule has 2 heterocycles. The average Bonchev–Trinajstić information content (AvgIpc) is 2.85. The van der Waals surface area contributed by atoms with E-state index in [9.17, 15) is 9.59 Å². The number of nitrogens with zero attached hydrogens (tertiary/aromatic N) is 4. The van der Waals surface area contributed by atoms with Crippen LogP contribution in [-0.4, -0.2) is 57.2 Å². The van der Waals surface area contributed by atoms with Crippen molar-refractivity contribution < 1.29 is 9.59 Å². The lowest BCUT2D eigenvalue weighted by atomic mass is 10.1. The van der Waals surface area contributed by atoms with Crippen LogP contribution in [0.25, 0.3) is 0 Å². The first-order chi connectivity index (χ1) is 11.0. The lowest BCUT2D eigenvalue weighted by Gasteiger charge is -2.40. The van der Waals surface area contributed by atoms with Crippen molar-refractivity contribution in [2.45, 2.75) is 25.7 Å². The second-order valence-corrected chi connectivity index (χ2v) is 6.57. The highest BCUT2D eigenvalue weighted by molar-refractivity contribution is 9.18. The van der Waals surface area contributed by atoms with E-state index >= 15 is 0 Å². The van der Waals surface area contributed by atoms with Gasteiger partial charge in [0.1, 0.15) is 0 Å². The van der Waals surface area contributed by atoms with Gasteiger partial charge >= 0.3 is 6.03 Å². The van der Waals surface area contributed by atoms with Gasteiger partial charge in [-0.3, -0.25) is 9.69 Å². The van der Waals surface area contributed by atoms with Gasteiger partial charge in [0.05, 0.1) is 0 Å². The lowest BCUT2D eigenvalue weighted by Crippen LogP contribution is -2.64. The molecule has 0 bridgehead atoms. The van der Waals surface area contributed by atoms with E-state index in [1.54, 1.807) is 14.0 Å². The van der Waals surface area contributed by atoms with Crippen LogP contribution in [0, 0.1) is 0 Å². The predicted molar refractivity (Wildman–Crippen MR) is 91.5 cm³/mol. The molecule has 0 saturated carbocycles. The number of imide groups is 1. The molecule has 0 radical (unpaired) electrons. The zero-order chi connectivity index (χ0) is 16.7. The maximum atomic E-state index is 12.7. The Morgan fingerprint density at radius 1 is 1.30 bits per heavy atom. The molecule has 1 fully saturated rings. The van der Waals surface area contributed by atoms with Crippen molar-refractivity contribution >= 4 is 44.2 Å². The van der Waals surface area contributed by atoms with Crippen molar-refractivity contribution in [2.75, 3.05) is 13.6 Å². The Morgan fingerprint density at radius 2 is 2.00 bits per heavy atom. The molecule has 0 N–H and O–H groups in total. The minimum absolute atomic E-state index is 0.231. The summed E-state index contributed by atoms with van der Waals surface area (Å²) in [6, 6.07) is 6.63. The van der Waals surface area contributed by atoms with E-state index in [0.717, 1.165) is 5.56 Å². The van der Waals surface area contributed by atoms with Crippen LogP contribution in [0.2, 0.25) is 5.02 Å². The Labute approximate surface area is 147 Å². The second-order valence-electron chi connectivity index (χ2n) is 5.45. The number of amides is 3. The Morgan fingerprint density at radius 3 is 2.65 bits per heavy atom.